The number of hydrogen-bond donors (Lipinski definition) is 1. The number of benzene rings is 1. The van der Waals surface area contributed by atoms with Gasteiger partial charge in [-0.25, -0.2) is 0 Å². The van der Waals surface area contributed by atoms with Crippen molar-refractivity contribution in [2.75, 3.05) is 13.2 Å². The highest BCUT2D eigenvalue weighted by atomic mass is 16.6. The molecule has 2 N–H and O–H groups in total. The lowest BCUT2D eigenvalue weighted by molar-refractivity contribution is 0.216. The van der Waals surface area contributed by atoms with Gasteiger partial charge in [-0.1, -0.05) is 24.3 Å². The van der Waals surface area contributed by atoms with Crippen molar-refractivity contribution >= 4 is 12.6 Å². The molecule has 0 amide bonds. The summed E-state index contributed by atoms with van der Waals surface area (Å²) in [4.78, 5) is 0. The lowest BCUT2D eigenvalue weighted by Crippen LogP contribution is -2.33. The van der Waals surface area contributed by atoms with Crippen molar-refractivity contribution in [3.05, 3.63) is 29.8 Å². The fourth-order valence-corrected chi connectivity index (χ4v) is 1.46. The second kappa shape index (κ2) is 3.92. The molecule has 0 bridgehead atoms. The fourth-order valence-electron chi connectivity index (χ4n) is 1.46. The molecule has 1 aromatic rings. The Morgan fingerprint density at radius 2 is 2.31 bits per heavy atom. The van der Waals surface area contributed by atoms with E-state index in [1.807, 2.05) is 18.2 Å². The molecule has 0 fully saturated rings. The molecule has 1 aliphatic heterocycles. The molecule has 0 radical (unpaired) electrons. The lowest BCUT2D eigenvalue weighted by Gasteiger charge is -2.06. The van der Waals surface area contributed by atoms with Crippen molar-refractivity contribution in [2.24, 2.45) is 5.73 Å². The summed E-state index contributed by atoms with van der Waals surface area (Å²) in [6.07, 6.45) is 0. The zero-order chi connectivity index (χ0) is 9.10. The summed E-state index contributed by atoms with van der Waals surface area (Å²) in [5.41, 5.74) is 7.69. The topological polar surface area (TPSA) is 44.5 Å². The predicted molar refractivity (Wildman–Crippen MR) is 51.6 cm³/mol. The quantitative estimate of drug-likeness (QED) is 0.655. The largest absolute Gasteiger partial charge is 0.494 e. The summed E-state index contributed by atoms with van der Waals surface area (Å²) < 4.78 is 10.9. The van der Waals surface area contributed by atoms with Crippen molar-refractivity contribution in [3.63, 3.8) is 0 Å². The molecule has 2 rings (SSSR count). The molecule has 1 aliphatic rings. The normalized spacial score (nSPS) is 14.7. The highest BCUT2D eigenvalue weighted by molar-refractivity contribution is 6.62. The molecule has 1 aromatic carbocycles. The van der Waals surface area contributed by atoms with E-state index in [-0.39, 0.29) is 7.12 Å². The molecular weight excluding hydrogens is 165 g/mol. The minimum Gasteiger partial charge on any atom is -0.406 e. The Bertz CT molecular complexity index is 293. The van der Waals surface area contributed by atoms with Gasteiger partial charge < -0.3 is 15.0 Å². The van der Waals surface area contributed by atoms with Crippen molar-refractivity contribution in [3.8, 4) is 0 Å². The summed E-state index contributed by atoms with van der Waals surface area (Å²) >= 11 is 0. The van der Waals surface area contributed by atoms with Gasteiger partial charge in [0, 0.05) is 13.2 Å². The summed E-state index contributed by atoms with van der Waals surface area (Å²) in [7, 11) is -0.209. The van der Waals surface area contributed by atoms with Crippen LogP contribution in [0, 0.1) is 0 Å². The average molecular weight is 177 g/mol. The van der Waals surface area contributed by atoms with E-state index in [0.717, 1.165) is 5.46 Å². The van der Waals surface area contributed by atoms with Gasteiger partial charge in [0.25, 0.3) is 0 Å². The number of hydrogen-bond acceptors (Lipinski definition) is 3. The van der Waals surface area contributed by atoms with Gasteiger partial charge >= 0.3 is 7.12 Å². The third-order valence-electron chi connectivity index (χ3n) is 2.09. The highest BCUT2D eigenvalue weighted by Crippen LogP contribution is 2.10. The van der Waals surface area contributed by atoms with Gasteiger partial charge in [0.15, 0.2) is 0 Å². The summed E-state index contributed by atoms with van der Waals surface area (Å²) in [5, 5.41) is 0. The smallest absolute Gasteiger partial charge is 0.406 e. The molecule has 13 heavy (non-hydrogen) atoms. The Kier molecular flexibility index (Phi) is 2.64. The maximum absolute atomic E-state index is 5.45. The van der Waals surface area contributed by atoms with E-state index < -0.39 is 0 Å². The summed E-state index contributed by atoms with van der Waals surface area (Å²) in [6.45, 7) is 1.71. The summed E-state index contributed by atoms with van der Waals surface area (Å²) in [6, 6.07) is 8.09. The molecule has 0 aromatic heterocycles. The van der Waals surface area contributed by atoms with Crippen LogP contribution in [-0.2, 0) is 15.9 Å². The third-order valence-corrected chi connectivity index (χ3v) is 2.09. The van der Waals surface area contributed by atoms with E-state index in [1.165, 1.54) is 5.56 Å². The van der Waals surface area contributed by atoms with Crippen LogP contribution in [0.5, 0.6) is 0 Å². The maximum Gasteiger partial charge on any atom is 0.494 e. The molecule has 4 heteroatoms. The van der Waals surface area contributed by atoms with Gasteiger partial charge in [0.05, 0.1) is 6.61 Å². The first-order chi connectivity index (χ1) is 6.42. The van der Waals surface area contributed by atoms with Crippen molar-refractivity contribution in [1.82, 2.24) is 0 Å². The van der Waals surface area contributed by atoms with Crippen molar-refractivity contribution < 1.29 is 9.31 Å². The number of fused-ring (bicyclic) bond motifs is 1. The average Bonchev–Trinajstić information content (AvgIpc) is 2.58. The van der Waals surface area contributed by atoms with Gasteiger partial charge in [-0.15, -0.1) is 0 Å². The van der Waals surface area contributed by atoms with Crippen LogP contribution in [0.25, 0.3) is 0 Å². The second-order valence-corrected chi connectivity index (χ2v) is 3.00. The molecule has 0 spiro atoms. The van der Waals surface area contributed by atoms with E-state index in [2.05, 4.69) is 6.07 Å². The first kappa shape index (κ1) is 8.75. The lowest BCUT2D eigenvalue weighted by atomic mass is 9.79. The van der Waals surface area contributed by atoms with Gasteiger partial charge in [0.1, 0.15) is 0 Å². The molecular formula is C9H12BNO2. The Labute approximate surface area is 78.0 Å². The minimum atomic E-state index is -0.209. The number of nitrogens with two attached hydrogens (primary N) is 1. The highest BCUT2D eigenvalue weighted by Gasteiger charge is 2.29. The molecule has 1 heterocycles. The Hall–Kier alpha value is -0.835. The van der Waals surface area contributed by atoms with E-state index in [0.29, 0.717) is 19.8 Å². The summed E-state index contributed by atoms with van der Waals surface area (Å²) in [5.74, 6) is 0. The van der Waals surface area contributed by atoms with Crippen LogP contribution in [0.1, 0.15) is 5.56 Å². The van der Waals surface area contributed by atoms with Gasteiger partial charge in [-0.2, -0.15) is 0 Å². The fraction of sp³-hybridized carbons (Fsp3) is 0.333. The van der Waals surface area contributed by atoms with E-state index in [9.17, 15) is 0 Å². The predicted octanol–water partition coefficient (Wildman–Crippen LogP) is -0.113. The zero-order valence-electron chi connectivity index (χ0n) is 7.40. The Morgan fingerprint density at radius 3 is 3.15 bits per heavy atom. The number of rotatable bonds is 3. The zero-order valence-corrected chi connectivity index (χ0v) is 7.40. The second-order valence-electron chi connectivity index (χ2n) is 3.00. The maximum atomic E-state index is 5.45. The Morgan fingerprint density at radius 1 is 1.46 bits per heavy atom. The van der Waals surface area contributed by atoms with E-state index in [1.54, 1.807) is 0 Å². The van der Waals surface area contributed by atoms with Crippen LogP contribution in [0.4, 0.5) is 0 Å². The van der Waals surface area contributed by atoms with Crippen molar-refractivity contribution in [2.45, 2.75) is 6.61 Å². The molecule has 0 aliphatic carbocycles. The SMILES string of the molecule is NCCOB1OCc2ccccc21. The van der Waals surface area contributed by atoms with E-state index in [4.69, 9.17) is 15.0 Å². The molecule has 3 nitrogen and oxygen atoms in total. The van der Waals surface area contributed by atoms with Crippen LogP contribution in [0.2, 0.25) is 0 Å². The third kappa shape index (κ3) is 1.75. The van der Waals surface area contributed by atoms with E-state index >= 15 is 0 Å². The van der Waals surface area contributed by atoms with Gasteiger partial charge in [-0.3, -0.25) is 0 Å². The molecule has 0 saturated heterocycles. The van der Waals surface area contributed by atoms with Gasteiger partial charge in [-0.05, 0) is 11.0 Å². The standard InChI is InChI=1S/C9H12BNO2/c11-5-6-12-10-9-4-2-1-3-8(9)7-13-10/h1-4H,5-7,11H2. The van der Waals surface area contributed by atoms with Crippen LogP contribution in [0.3, 0.4) is 0 Å². The molecule has 0 atom stereocenters. The molecule has 68 valence electrons. The van der Waals surface area contributed by atoms with Gasteiger partial charge in [0.2, 0.25) is 0 Å². The van der Waals surface area contributed by atoms with Crippen LogP contribution in [0.15, 0.2) is 24.3 Å². The Balaban J connectivity index is 2.09. The molecule has 0 unspecified atom stereocenters. The van der Waals surface area contributed by atoms with Crippen LogP contribution in [-0.4, -0.2) is 20.3 Å². The molecule has 0 saturated carbocycles. The first-order valence-electron chi connectivity index (χ1n) is 4.43. The van der Waals surface area contributed by atoms with Crippen molar-refractivity contribution in [1.29, 1.82) is 0 Å². The van der Waals surface area contributed by atoms with Crippen LogP contribution >= 0.6 is 0 Å². The van der Waals surface area contributed by atoms with Crippen LogP contribution < -0.4 is 11.2 Å². The minimum absolute atomic E-state index is 0.209. The first-order valence-corrected chi connectivity index (χ1v) is 4.43. The monoisotopic (exact) mass is 177 g/mol.